The van der Waals surface area contributed by atoms with Gasteiger partial charge in [0, 0.05) is 24.9 Å². The molecule has 1 aromatic carbocycles. The standard InChI is InChI=1S/C15H15N3O3S/c1-11(15-18-13-6-2-3-7-14(13)21-15)9-17-22(19,20)12-5-4-8-16-10-12/h2-8,10-11,17H,9H2,1H3. The molecule has 0 radical (unpaired) electrons. The highest BCUT2D eigenvalue weighted by molar-refractivity contribution is 7.89. The molecule has 0 aliphatic carbocycles. The van der Waals surface area contributed by atoms with Crippen molar-refractivity contribution in [2.75, 3.05) is 6.54 Å². The number of aromatic nitrogens is 2. The Morgan fingerprint density at radius 2 is 2.05 bits per heavy atom. The highest BCUT2D eigenvalue weighted by atomic mass is 32.2. The fraction of sp³-hybridized carbons (Fsp3) is 0.200. The molecule has 7 heteroatoms. The Morgan fingerprint density at radius 1 is 1.23 bits per heavy atom. The molecule has 0 bridgehead atoms. The summed E-state index contributed by atoms with van der Waals surface area (Å²) in [6.07, 6.45) is 2.84. The van der Waals surface area contributed by atoms with Gasteiger partial charge >= 0.3 is 0 Å². The minimum absolute atomic E-state index is 0.139. The molecular formula is C15H15N3O3S. The number of nitrogens with zero attached hydrogens (tertiary/aromatic N) is 2. The van der Waals surface area contributed by atoms with Crippen LogP contribution in [0.4, 0.5) is 0 Å². The monoisotopic (exact) mass is 317 g/mol. The lowest BCUT2D eigenvalue weighted by atomic mass is 10.2. The number of benzene rings is 1. The first-order valence-corrected chi connectivity index (χ1v) is 8.30. The molecule has 6 nitrogen and oxygen atoms in total. The molecule has 22 heavy (non-hydrogen) atoms. The van der Waals surface area contributed by atoms with Gasteiger partial charge in [0.05, 0.1) is 0 Å². The molecule has 114 valence electrons. The van der Waals surface area contributed by atoms with Gasteiger partial charge in [-0.2, -0.15) is 0 Å². The number of pyridine rings is 1. The Kier molecular flexibility index (Phi) is 3.91. The summed E-state index contributed by atoms with van der Waals surface area (Å²) in [5.41, 5.74) is 1.46. The van der Waals surface area contributed by atoms with E-state index in [4.69, 9.17) is 4.42 Å². The minimum Gasteiger partial charge on any atom is -0.440 e. The molecule has 0 fully saturated rings. The van der Waals surface area contributed by atoms with Crippen LogP contribution in [0.1, 0.15) is 18.7 Å². The van der Waals surface area contributed by atoms with Gasteiger partial charge in [-0.25, -0.2) is 18.1 Å². The average Bonchev–Trinajstić information content (AvgIpc) is 2.98. The van der Waals surface area contributed by atoms with E-state index >= 15 is 0 Å². The van der Waals surface area contributed by atoms with Crippen LogP contribution in [0.2, 0.25) is 0 Å². The Hall–Kier alpha value is -2.25. The predicted molar refractivity (Wildman–Crippen MR) is 81.8 cm³/mol. The van der Waals surface area contributed by atoms with Crippen molar-refractivity contribution in [1.29, 1.82) is 0 Å². The lowest BCUT2D eigenvalue weighted by Crippen LogP contribution is -2.27. The number of oxazole rings is 1. The van der Waals surface area contributed by atoms with Crippen molar-refractivity contribution >= 4 is 21.1 Å². The second-order valence-corrected chi connectivity index (χ2v) is 6.73. The van der Waals surface area contributed by atoms with Crippen LogP contribution in [-0.2, 0) is 10.0 Å². The molecule has 3 aromatic rings. The maximum atomic E-state index is 12.1. The third-order valence-corrected chi connectivity index (χ3v) is 4.67. The van der Waals surface area contributed by atoms with Gasteiger partial charge in [-0.1, -0.05) is 19.1 Å². The molecule has 0 saturated heterocycles. The molecule has 0 aliphatic rings. The number of sulfonamides is 1. The zero-order chi connectivity index (χ0) is 15.6. The van der Waals surface area contributed by atoms with Gasteiger partial charge in [0.25, 0.3) is 0 Å². The summed E-state index contributed by atoms with van der Waals surface area (Å²) in [5, 5.41) is 0. The van der Waals surface area contributed by atoms with Crippen LogP contribution in [0, 0.1) is 0 Å². The smallest absolute Gasteiger partial charge is 0.242 e. The SMILES string of the molecule is CC(CNS(=O)(=O)c1cccnc1)c1nc2ccccc2o1. The minimum atomic E-state index is -3.58. The molecule has 0 saturated carbocycles. The van der Waals surface area contributed by atoms with E-state index in [0.717, 1.165) is 5.52 Å². The molecule has 1 unspecified atom stereocenters. The second kappa shape index (κ2) is 5.86. The molecule has 2 aromatic heterocycles. The fourth-order valence-corrected chi connectivity index (χ4v) is 3.11. The van der Waals surface area contributed by atoms with Crippen molar-refractivity contribution in [2.24, 2.45) is 0 Å². The lowest BCUT2D eigenvalue weighted by Gasteiger charge is -2.09. The predicted octanol–water partition coefficient (Wildman–Crippen LogP) is 2.30. The molecule has 0 spiro atoms. The Balaban J connectivity index is 1.73. The van der Waals surface area contributed by atoms with E-state index in [-0.39, 0.29) is 17.4 Å². The summed E-state index contributed by atoms with van der Waals surface area (Å²) in [6, 6.07) is 10.5. The van der Waals surface area contributed by atoms with Crippen LogP contribution in [-0.4, -0.2) is 24.9 Å². The van der Waals surface area contributed by atoms with Crippen LogP contribution in [0.3, 0.4) is 0 Å². The second-order valence-electron chi connectivity index (χ2n) is 4.96. The number of hydrogen-bond donors (Lipinski definition) is 1. The molecule has 0 aliphatic heterocycles. The van der Waals surface area contributed by atoms with Gasteiger partial charge in [0.15, 0.2) is 11.5 Å². The summed E-state index contributed by atoms with van der Waals surface area (Å²) in [7, 11) is -3.58. The molecule has 2 heterocycles. The van der Waals surface area contributed by atoms with E-state index in [0.29, 0.717) is 11.5 Å². The summed E-state index contributed by atoms with van der Waals surface area (Å²) >= 11 is 0. The quantitative estimate of drug-likeness (QED) is 0.780. The molecule has 1 atom stereocenters. The van der Waals surface area contributed by atoms with Crippen LogP contribution < -0.4 is 4.72 Å². The van der Waals surface area contributed by atoms with E-state index < -0.39 is 10.0 Å². The number of fused-ring (bicyclic) bond motifs is 1. The Labute approximate surface area is 128 Å². The third kappa shape index (κ3) is 3.00. The molecular weight excluding hydrogens is 302 g/mol. The topological polar surface area (TPSA) is 85.1 Å². The van der Waals surface area contributed by atoms with E-state index in [1.165, 1.54) is 18.5 Å². The first-order chi connectivity index (χ1) is 10.6. The summed E-state index contributed by atoms with van der Waals surface area (Å²) in [6.45, 7) is 2.06. The number of rotatable bonds is 5. The Morgan fingerprint density at radius 3 is 2.77 bits per heavy atom. The first kappa shape index (κ1) is 14.7. The van der Waals surface area contributed by atoms with E-state index in [2.05, 4.69) is 14.7 Å². The van der Waals surface area contributed by atoms with Crippen molar-refractivity contribution in [3.8, 4) is 0 Å². The summed E-state index contributed by atoms with van der Waals surface area (Å²) in [4.78, 5) is 8.33. The van der Waals surface area contributed by atoms with Crippen LogP contribution in [0.15, 0.2) is 58.1 Å². The maximum Gasteiger partial charge on any atom is 0.242 e. The normalized spacial score (nSPS) is 13.3. The zero-order valence-electron chi connectivity index (χ0n) is 11.9. The fourth-order valence-electron chi connectivity index (χ4n) is 2.01. The maximum absolute atomic E-state index is 12.1. The first-order valence-electron chi connectivity index (χ1n) is 6.81. The van der Waals surface area contributed by atoms with Crippen LogP contribution >= 0.6 is 0 Å². The van der Waals surface area contributed by atoms with Crippen molar-refractivity contribution in [3.05, 3.63) is 54.7 Å². The highest BCUT2D eigenvalue weighted by Gasteiger charge is 2.18. The van der Waals surface area contributed by atoms with Gasteiger partial charge in [0.2, 0.25) is 10.0 Å². The number of nitrogens with one attached hydrogen (secondary N) is 1. The van der Waals surface area contributed by atoms with Gasteiger partial charge in [-0.05, 0) is 24.3 Å². The largest absolute Gasteiger partial charge is 0.440 e. The van der Waals surface area contributed by atoms with Crippen molar-refractivity contribution in [2.45, 2.75) is 17.7 Å². The van der Waals surface area contributed by atoms with Gasteiger partial charge in [-0.15, -0.1) is 0 Å². The molecule has 3 rings (SSSR count). The van der Waals surface area contributed by atoms with Gasteiger partial charge in [-0.3, -0.25) is 4.98 Å². The molecule has 0 amide bonds. The number of para-hydroxylation sites is 2. The Bertz CT molecular complexity index is 842. The van der Waals surface area contributed by atoms with E-state index in [1.54, 1.807) is 6.07 Å². The van der Waals surface area contributed by atoms with Crippen molar-refractivity contribution < 1.29 is 12.8 Å². The van der Waals surface area contributed by atoms with Gasteiger partial charge in [0.1, 0.15) is 10.4 Å². The summed E-state index contributed by atoms with van der Waals surface area (Å²) < 4.78 is 32.5. The zero-order valence-corrected chi connectivity index (χ0v) is 12.7. The van der Waals surface area contributed by atoms with Gasteiger partial charge < -0.3 is 4.42 Å². The van der Waals surface area contributed by atoms with Crippen molar-refractivity contribution in [1.82, 2.24) is 14.7 Å². The van der Waals surface area contributed by atoms with Crippen LogP contribution in [0.5, 0.6) is 0 Å². The van der Waals surface area contributed by atoms with E-state index in [9.17, 15) is 8.42 Å². The third-order valence-electron chi connectivity index (χ3n) is 3.26. The van der Waals surface area contributed by atoms with E-state index in [1.807, 2.05) is 31.2 Å². The van der Waals surface area contributed by atoms with Crippen LogP contribution in [0.25, 0.3) is 11.1 Å². The molecule has 1 N–H and O–H groups in total. The average molecular weight is 317 g/mol. The summed E-state index contributed by atoms with van der Waals surface area (Å²) in [5.74, 6) is 0.328. The van der Waals surface area contributed by atoms with Crippen molar-refractivity contribution in [3.63, 3.8) is 0 Å². The highest BCUT2D eigenvalue weighted by Crippen LogP contribution is 2.21. The number of hydrogen-bond acceptors (Lipinski definition) is 5. The lowest BCUT2D eigenvalue weighted by molar-refractivity contribution is 0.480.